The SMILES string of the molecule is CN(C)c1ccc(N2C(=N)S[C@@H]3CS(=O)(=O)C[C@H]32)cc1. The summed E-state index contributed by atoms with van der Waals surface area (Å²) in [4.78, 5) is 3.87. The van der Waals surface area contributed by atoms with Gasteiger partial charge in [0.1, 0.15) is 0 Å². The highest BCUT2D eigenvalue weighted by Gasteiger charge is 2.48. The summed E-state index contributed by atoms with van der Waals surface area (Å²) in [6.45, 7) is 0. The zero-order valence-electron chi connectivity index (χ0n) is 11.4. The van der Waals surface area contributed by atoms with Crippen LogP contribution in [-0.2, 0) is 9.84 Å². The topological polar surface area (TPSA) is 64.5 Å². The number of amidine groups is 1. The highest BCUT2D eigenvalue weighted by molar-refractivity contribution is 8.15. The molecule has 0 aromatic heterocycles. The van der Waals surface area contributed by atoms with Gasteiger partial charge in [-0.15, -0.1) is 0 Å². The number of anilines is 2. The van der Waals surface area contributed by atoms with Crippen molar-refractivity contribution in [2.75, 3.05) is 35.4 Å². The van der Waals surface area contributed by atoms with Crippen LogP contribution in [0.5, 0.6) is 0 Å². The molecular weight excluding hydrogens is 294 g/mol. The van der Waals surface area contributed by atoms with Crippen molar-refractivity contribution in [3.8, 4) is 0 Å². The van der Waals surface area contributed by atoms with Gasteiger partial charge in [0.15, 0.2) is 15.0 Å². The maximum absolute atomic E-state index is 11.8. The molecule has 2 aliphatic heterocycles. The molecule has 2 fully saturated rings. The quantitative estimate of drug-likeness (QED) is 0.894. The van der Waals surface area contributed by atoms with Gasteiger partial charge in [-0.25, -0.2) is 8.42 Å². The molecule has 1 aromatic rings. The van der Waals surface area contributed by atoms with Crippen molar-refractivity contribution in [3.63, 3.8) is 0 Å². The van der Waals surface area contributed by atoms with Gasteiger partial charge in [0.25, 0.3) is 0 Å². The third-order valence-corrected chi connectivity index (χ3v) is 6.86. The van der Waals surface area contributed by atoms with Gasteiger partial charge < -0.3 is 9.80 Å². The molecule has 2 atom stereocenters. The molecule has 2 aliphatic rings. The number of fused-ring (bicyclic) bond motifs is 1. The molecule has 1 N–H and O–H groups in total. The minimum Gasteiger partial charge on any atom is -0.378 e. The van der Waals surface area contributed by atoms with Crippen molar-refractivity contribution >= 4 is 38.1 Å². The Morgan fingerprint density at radius 2 is 1.90 bits per heavy atom. The highest BCUT2D eigenvalue weighted by atomic mass is 32.2. The van der Waals surface area contributed by atoms with E-state index in [1.807, 2.05) is 48.2 Å². The van der Waals surface area contributed by atoms with Crippen LogP contribution in [0.1, 0.15) is 0 Å². The molecule has 2 heterocycles. The van der Waals surface area contributed by atoms with Gasteiger partial charge >= 0.3 is 0 Å². The van der Waals surface area contributed by atoms with E-state index in [2.05, 4.69) is 0 Å². The number of rotatable bonds is 2. The molecule has 0 amide bonds. The molecule has 7 heteroatoms. The summed E-state index contributed by atoms with van der Waals surface area (Å²) in [7, 11) is 0.990. The van der Waals surface area contributed by atoms with Crippen molar-refractivity contribution in [1.82, 2.24) is 0 Å². The fraction of sp³-hybridized carbons (Fsp3) is 0.462. The second-order valence-electron chi connectivity index (χ2n) is 5.39. The lowest BCUT2D eigenvalue weighted by molar-refractivity contribution is 0.601. The van der Waals surface area contributed by atoms with Gasteiger partial charge in [0, 0.05) is 30.7 Å². The van der Waals surface area contributed by atoms with E-state index in [1.54, 1.807) is 0 Å². The second-order valence-corrected chi connectivity index (χ2v) is 8.77. The van der Waals surface area contributed by atoms with E-state index in [0.717, 1.165) is 11.4 Å². The van der Waals surface area contributed by atoms with Crippen molar-refractivity contribution in [2.45, 2.75) is 11.3 Å². The zero-order valence-corrected chi connectivity index (χ0v) is 13.0. The minimum atomic E-state index is -2.96. The van der Waals surface area contributed by atoms with Crippen LogP contribution in [0.4, 0.5) is 11.4 Å². The van der Waals surface area contributed by atoms with E-state index in [9.17, 15) is 8.42 Å². The monoisotopic (exact) mass is 311 g/mol. The largest absolute Gasteiger partial charge is 0.378 e. The van der Waals surface area contributed by atoms with Crippen molar-refractivity contribution in [3.05, 3.63) is 24.3 Å². The summed E-state index contributed by atoms with van der Waals surface area (Å²) < 4.78 is 23.5. The second kappa shape index (κ2) is 4.66. The number of hydrogen-bond donors (Lipinski definition) is 1. The Hall–Kier alpha value is -1.21. The Morgan fingerprint density at radius 3 is 2.50 bits per heavy atom. The smallest absolute Gasteiger partial charge is 0.161 e. The van der Waals surface area contributed by atoms with Crippen LogP contribution in [0.25, 0.3) is 0 Å². The average molecular weight is 311 g/mol. The Kier molecular flexibility index (Phi) is 3.21. The number of thioether (sulfide) groups is 1. The van der Waals surface area contributed by atoms with E-state index in [-0.39, 0.29) is 22.8 Å². The van der Waals surface area contributed by atoms with Crippen molar-refractivity contribution < 1.29 is 8.42 Å². The number of hydrogen-bond acceptors (Lipinski definition) is 5. The molecule has 5 nitrogen and oxygen atoms in total. The molecule has 20 heavy (non-hydrogen) atoms. The maximum atomic E-state index is 11.8. The van der Waals surface area contributed by atoms with E-state index in [0.29, 0.717) is 5.17 Å². The molecular formula is C13H17N3O2S2. The van der Waals surface area contributed by atoms with Crippen LogP contribution in [0.2, 0.25) is 0 Å². The molecule has 0 radical (unpaired) electrons. The number of benzene rings is 1. The molecule has 2 saturated heterocycles. The van der Waals surface area contributed by atoms with Crippen LogP contribution in [0.3, 0.4) is 0 Å². The Morgan fingerprint density at radius 1 is 1.25 bits per heavy atom. The van der Waals surface area contributed by atoms with Gasteiger partial charge in [-0.3, -0.25) is 5.41 Å². The molecule has 0 aliphatic carbocycles. The third-order valence-electron chi connectivity index (χ3n) is 3.73. The standard InChI is InChI=1S/C13H17N3O2S2/c1-15(2)9-3-5-10(6-4-9)16-11-7-20(17,18)8-12(11)19-13(16)14/h3-6,11-12,14H,7-8H2,1-2H3/t11-,12-/m1/s1. The summed E-state index contributed by atoms with van der Waals surface area (Å²) in [6, 6.07) is 7.80. The first-order chi connectivity index (χ1) is 9.37. The summed E-state index contributed by atoms with van der Waals surface area (Å²) in [6.07, 6.45) is 0. The van der Waals surface area contributed by atoms with Crippen LogP contribution < -0.4 is 9.80 Å². The summed E-state index contributed by atoms with van der Waals surface area (Å²) in [5, 5.41) is 8.54. The van der Waals surface area contributed by atoms with Gasteiger partial charge in [-0.1, -0.05) is 11.8 Å². The lowest BCUT2D eigenvalue weighted by Crippen LogP contribution is -2.37. The zero-order chi connectivity index (χ0) is 14.5. The van der Waals surface area contributed by atoms with E-state index >= 15 is 0 Å². The fourth-order valence-corrected chi connectivity index (χ4v) is 6.51. The Labute approximate surface area is 123 Å². The molecule has 108 valence electrons. The maximum Gasteiger partial charge on any atom is 0.161 e. The van der Waals surface area contributed by atoms with Gasteiger partial charge in [0.2, 0.25) is 0 Å². The normalized spacial score (nSPS) is 27.7. The van der Waals surface area contributed by atoms with Gasteiger partial charge in [-0.2, -0.15) is 0 Å². The average Bonchev–Trinajstić information content (AvgIpc) is 2.79. The predicted molar refractivity (Wildman–Crippen MR) is 84.8 cm³/mol. The minimum absolute atomic E-state index is 0.000949. The van der Waals surface area contributed by atoms with Crippen LogP contribution in [0, 0.1) is 5.41 Å². The number of sulfone groups is 1. The summed E-state index contributed by atoms with van der Waals surface area (Å²) in [5.74, 6) is 0.347. The highest BCUT2D eigenvalue weighted by Crippen LogP contribution is 2.40. The third kappa shape index (κ3) is 2.29. The van der Waals surface area contributed by atoms with Crippen LogP contribution in [0.15, 0.2) is 24.3 Å². The molecule has 1 aromatic carbocycles. The first kappa shape index (κ1) is 13.8. The lowest BCUT2D eigenvalue weighted by Gasteiger charge is -2.24. The summed E-state index contributed by atoms with van der Waals surface area (Å²) >= 11 is 1.37. The first-order valence-corrected chi connectivity index (χ1v) is 9.10. The molecule has 0 bridgehead atoms. The summed E-state index contributed by atoms with van der Waals surface area (Å²) in [5.41, 5.74) is 1.99. The fourth-order valence-electron chi connectivity index (χ4n) is 2.72. The van der Waals surface area contributed by atoms with E-state index in [4.69, 9.17) is 5.41 Å². The van der Waals surface area contributed by atoms with E-state index in [1.165, 1.54) is 11.8 Å². The predicted octanol–water partition coefficient (Wildman–Crippen LogP) is 1.41. The molecule has 0 unspecified atom stereocenters. The molecule has 3 rings (SSSR count). The number of nitrogens with one attached hydrogen (secondary N) is 1. The first-order valence-electron chi connectivity index (χ1n) is 6.40. The molecule has 0 spiro atoms. The van der Waals surface area contributed by atoms with Crippen molar-refractivity contribution in [1.29, 1.82) is 5.41 Å². The van der Waals surface area contributed by atoms with E-state index < -0.39 is 9.84 Å². The Balaban J connectivity index is 1.91. The van der Waals surface area contributed by atoms with Crippen LogP contribution in [-0.4, -0.2) is 50.5 Å². The van der Waals surface area contributed by atoms with Gasteiger partial charge in [-0.05, 0) is 24.3 Å². The number of nitrogens with zero attached hydrogens (tertiary/aromatic N) is 2. The lowest BCUT2D eigenvalue weighted by atomic mass is 10.2. The molecule has 0 saturated carbocycles. The van der Waals surface area contributed by atoms with Crippen LogP contribution >= 0.6 is 11.8 Å². The van der Waals surface area contributed by atoms with Gasteiger partial charge in [0.05, 0.1) is 17.5 Å². The van der Waals surface area contributed by atoms with Crippen molar-refractivity contribution in [2.24, 2.45) is 0 Å². The Bertz CT molecular complexity index is 640.